The van der Waals surface area contributed by atoms with Crippen molar-refractivity contribution < 1.29 is 56.5 Å². The zero-order valence-electron chi connectivity index (χ0n) is 7.96. The summed E-state index contributed by atoms with van der Waals surface area (Å²) in [7, 11) is 0.750. The molecule has 0 bridgehead atoms. The van der Waals surface area contributed by atoms with Crippen LogP contribution in [0.2, 0.25) is 5.02 Å². The van der Waals surface area contributed by atoms with Gasteiger partial charge < -0.3 is 5.11 Å². The Balaban J connectivity index is 0.000000451. The number of rotatable bonds is 1. The average Bonchev–Trinajstić information content (AvgIpc) is 2.90. The van der Waals surface area contributed by atoms with Gasteiger partial charge in [0.25, 0.3) is 0 Å². The molecule has 1 aliphatic rings. The summed E-state index contributed by atoms with van der Waals surface area (Å²) in [6.07, 6.45) is 6.20. The SMILES string of the molecule is C[O-].Clc1cncc(C2CC2)c1.[K+]. The van der Waals surface area contributed by atoms with Gasteiger partial charge in [-0.1, -0.05) is 11.6 Å². The van der Waals surface area contributed by atoms with Crippen molar-refractivity contribution in [2.24, 2.45) is 0 Å². The van der Waals surface area contributed by atoms with Crippen LogP contribution in [0.5, 0.6) is 0 Å². The minimum Gasteiger partial charge on any atom is -0.857 e. The Morgan fingerprint density at radius 2 is 2.00 bits per heavy atom. The molecule has 2 nitrogen and oxygen atoms in total. The van der Waals surface area contributed by atoms with Crippen molar-refractivity contribution >= 4 is 11.6 Å². The molecular weight excluding hydrogens is 213 g/mol. The van der Waals surface area contributed by atoms with Gasteiger partial charge in [0.05, 0.1) is 5.02 Å². The summed E-state index contributed by atoms with van der Waals surface area (Å²) < 4.78 is 0. The Labute approximate surface area is 126 Å². The van der Waals surface area contributed by atoms with E-state index in [0.29, 0.717) is 0 Å². The van der Waals surface area contributed by atoms with Crippen LogP contribution in [0.25, 0.3) is 0 Å². The van der Waals surface area contributed by atoms with Crippen LogP contribution in [0.15, 0.2) is 18.5 Å². The van der Waals surface area contributed by atoms with Crippen LogP contribution in [0.3, 0.4) is 0 Å². The van der Waals surface area contributed by atoms with Crippen LogP contribution in [-0.4, -0.2) is 12.1 Å². The predicted octanol–water partition coefficient (Wildman–Crippen LogP) is -1.41. The van der Waals surface area contributed by atoms with E-state index < -0.39 is 0 Å². The minimum atomic E-state index is 0. The summed E-state index contributed by atoms with van der Waals surface area (Å²) >= 11 is 5.75. The van der Waals surface area contributed by atoms with Gasteiger partial charge in [0.15, 0.2) is 0 Å². The summed E-state index contributed by atoms with van der Waals surface area (Å²) in [6.45, 7) is 0. The second-order valence-electron chi connectivity index (χ2n) is 2.71. The van der Waals surface area contributed by atoms with Gasteiger partial charge in [-0.3, -0.25) is 4.98 Å². The molecule has 1 aromatic rings. The maximum atomic E-state index is 8.25. The molecule has 13 heavy (non-hydrogen) atoms. The molecule has 0 spiro atoms. The molecule has 0 aromatic carbocycles. The summed E-state index contributed by atoms with van der Waals surface area (Å²) in [5.41, 5.74) is 1.30. The van der Waals surface area contributed by atoms with Crippen molar-refractivity contribution in [3.63, 3.8) is 0 Å². The van der Waals surface area contributed by atoms with Gasteiger partial charge in [-0.05, 0) is 30.4 Å². The van der Waals surface area contributed by atoms with E-state index in [2.05, 4.69) is 4.98 Å². The molecule has 0 aliphatic heterocycles. The Morgan fingerprint density at radius 3 is 2.46 bits per heavy atom. The maximum absolute atomic E-state index is 8.25. The molecule has 1 saturated carbocycles. The fourth-order valence-corrected chi connectivity index (χ4v) is 1.25. The van der Waals surface area contributed by atoms with E-state index in [-0.39, 0.29) is 51.4 Å². The van der Waals surface area contributed by atoms with Gasteiger partial charge in [-0.25, -0.2) is 0 Å². The van der Waals surface area contributed by atoms with Crippen LogP contribution < -0.4 is 56.5 Å². The van der Waals surface area contributed by atoms with Crippen LogP contribution in [0.4, 0.5) is 0 Å². The Kier molecular flexibility index (Phi) is 7.93. The third-order valence-corrected chi connectivity index (χ3v) is 1.98. The topological polar surface area (TPSA) is 36.0 Å². The first kappa shape index (κ1) is 14.0. The number of pyridine rings is 1. The fourth-order valence-electron chi connectivity index (χ4n) is 1.07. The number of hydrogen-bond donors (Lipinski definition) is 0. The van der Waals surface area contributed by atoms with Crippen LogP contribution >= 0.6 is 11.6 Å². The molecule has 1 heterocycles. The van der Waals surface area contributed by atoms with Crippen molar-refractivity contribution in [1.82, 2.24) is 4.98 Å². The van der Waals surface area contributed by atoms with Gasteiger partial charge in [0.2, 0.25) is 0 Å². The summed E-state index contributed by atoms with van der Waals surface area (Å²) in [5, 5.41) is 9.00. The van der Waals surface area contributed by atoms with Crippen molar-refractivity contribution in [1.29, 1.82) is 0 Å². The van der Waals surface area contributed by atoms with E-state index >= 15 is 0 Å². The largest absolute Gasteiger partial charge is 1.00 e. The van der Waals surface area contributed by atoms with Gasteiger partial charge >= 0.3 is 51.4 Å². The summed E-state index contributed by atoms with van der Waals surface area (Å²) in [4.78, 5) is 4.01. The Bertz CT molecular complexity index is 253. The number of nitrogens with zero attached hydrogens (tertiary/aromatic N) is 1. The second-order valence-corrected chi connectivity index (χ2v) is 3.15. The molecule has 0 saturated heterocycles. The van der Waals surface area contributed by atoms with Crippen molar-refractivity contribution in [2.75, 3.05) is 7.11 Å². The smallest absolute Gasteiger partial charge is 0.857 e. The van der Waals surface area contributed by atoms with Crippen LogP contribution in [-0.2, 0) is 0 Å². The Hall–Kier alpha value is 1.04. The van der Waals surface area contributed by atoms with Crippen molar-refractivity contribution in [3.05, 3.63) is 29.0 Å². The van der Waals surface area contributed by atoms with E-state index in [1.165, 1.54) is 18.4 Å². The molecule has 0 atom stereocenters. The maximum Gasteiger partial charge on any atom is 1.00 e. The average molecular weight is 224 g/mol. The molecule has 4 heteroatoms. The fraction of sp³-hybridized carbons (Fsp3) is 0.444. The molecular formula is C9H11ClKNO. The van der Waals surface area contributed by atoms with E-state index in [4.69, 9.17) is 16.7 Å². The van der Waals surface area contributed by atoms with Gasteiger partial charge in [0, 0.05) is 12.4 Å². The third kappa shape index (κ3) is 4.88. The third-order valence-electron chi connectivity index (χ3n) is 1.77. The number of halogens is 1. The van der Waals surface area contributed by atoms with Gasteiger partial charge in [-0.15, -0.1) is 0 Å². The van der Waals surface area contributed by atoms with Crippen molar-refractivity contribution in [2.45, 2.75) is 18.8 Å². The molecule has 1 aliphatic carbocycles. The van der Waals surface area contributed by atoms with Crippen molar-refractivity contribution in [3.8, 4) is 0 Å². The predicted molar refractivity (Wildman–Crippen MR) is 47.1 cm³/mol. The molecule has 66 valence electrons. The normalized spacial score (nSPS) is 13.8. The van der Waals surface area contributed by atoms with Crippen LogP contribution in [0.1, 0.15) is 24.3 Å². The standard InChI is InChI=1S/C8H8ClN.CH3O.K/c9-8-3-7(4-10-5-8)6-1-2-6;1-2;/h3-6H,1-2H2;1H3;/q;-1;+1. The summed E-state index contributed by atoms with van der Waals surface area (Å²) in [5.74, 6) is 0.756. The molecule has 1 aromatic heterocycles. The van der Waals surface area contributed by atoms with Crippen LogP contribution in [0, 0.1) is 0 Å². The molecule has 1 fully saturated rings. The van der Waals surface area contributed by atoms with E-state index in [1.807, 2.05) is 12.3 Å². The van der Waals surface area contributed by atoms with Gasteiger partial charge in [-0.2, -0.15) is 7.11 Å². The second kappa shape index (κ2) is 7.34. The number of aromatic nitrogens is 1. The molecule has 0 unspecified atom stereocenters. The molecule has 0 N–H and O–H groups in total. The summed E-state index contributed by atoms with van der Waals surface area (Å²) in [6, 6.07) is 2.01. The first-order valence-corrected chi connectivity index (χ1v) is 4.25. The van der Waals surface area contributed by atoms with Gasteiger partial charge in [0.1, 0.15) is 0 Å². The first-order valence-electron chi connectivity index (χ1n) is 3.87. The zero-order valence-corrected chi connectivity index (χ0v) is 11.8. The minimum absolute atomic E-state index is 0. The van der Waals surface area contributed by atoms with E-state index in [1.54, 1.807) is 6.20 Å². The first-order chi connectivity index (χ1) is 5.86. The number of hydrogen-bond acceptors (Lipinski definition) is 2. The zero-order chi connectivity index (χ0) is 8.97. The van der Waals surface area contributed by atoms with E-state index in [9.17, 15) is 0 Å². The monoisotopic (exact) mass is 223 g/mol. The molecule has 2 rings (SSSR count). The Morgan fingerprint density at radius 1 is 1.38 bits per heavy atom. The quantitative estimate of drug-likeness (QED) is 0.549. The molecule has 0 radical (unpaired) electrons. The van der Waals surface area contributed by atoms with E-state index in [0.717, 1.165) is 18.1 Å². The molecule has 0 amide bonds.